The molecule has 47 heavy (non-hydrogen) atoms. The van der Waals surface area contributed by atoms with Crippen molar-refractivity contribution in [3.63, 3.8) is 0 Å². The first kappa shape index (κ1) is 27.1. The molecule has 0 N–H and O–H groups in total. The Hall–Kier alpha value is -6.25. The molecule has 1 heterocycles. The SMILES string of the molecule is c1ccc(-c2ccc(-c3ccc(N(c4ccc(-c5ccc6c7c(cccc57)-c5ccccc5-6)cc4)c4ccccn4)cc3)cc2)cc1. The third-order valence-electron chi connectivity index (χ3n) is 9.31. The van der Waals surface area contributed by atoms with Gasteiger partial charge in [0.15, 0.2) is 0 Å². The van der Waals surface area contributed by atoms with E-state index in [4.69, 9.17) is 4.98 Å². The highest BCUT2D eigenvalue weighted by molar-refractivity contribution is 6.18. The number of fused-ring (bicyclic) bond motifs is 3. The van der Waals surface area contributed by atoms with E-state index in [2.05, 4.69) is 169 Å². The van der Waals surface area contributed by atoms with Crippen molar-refractivity contribution < 1.29 is 0 Å². The predicted octanol–water partition coefficient (Wildman–Crippen LogP) is 12.4. The van der Waals surface area contributed by atoms with Crippen molar-refractivity contribution in [1.29, 1.82) is 0 Å². The molecular weight excluding hydrogens is 569 g/mol. The molecule has 0 spiro atoms. The minimum Gasteiger partial charge on any atom is -0.295 e. The molecule has 0 saturated heterocycles. The van der Waals surface area contributed by atoms with Gasteiger partial charge in [-0.25, -0.2) is 4.98 Å². The number of aromatic nitrogens is 1. The Balaban J connectivity index is 1.05. The number of anilines is 3. The van der Waals surface area contributed by atoms with Crippen LogP contribution in [0.3, 0.4) is 0 Å². The number of hydrogen-bond acceptors (Lipinski definition) is 2. The second-order valence-electron chi connectivity index (χ2n) is 12.0. The van der Waals surface area contributed by atoms with E-state index in [0.29, 0.717) is 0 Å². The highest BCUT2D eigenvalue weighted by Crippen LogP contribution is 2.49. The van der Waals surface area contributed by atoms with E-state index in [1.54, 1.807) is 0 Å². The Bertz CT molecular complexity index is 2330. The molecule has 7 aromatic carbocycles. The number of pyridine rings is 1. The lowest BCUT2D eigenvalue weighted by Gasteiger charge is -2.24. The summed E-state index contributed by atoms with van der Waals surface area (Å²) in [5, 5.41) is 2.64. The topological polar surface area (TPSA) is 16.1 Å². The summed E-state index contributed by atoms with van der Waals surface area (Å²) >= 11 is 0. The zero-order valence-electron chi connectivity index (χ0n) is 25.7. The first-order valence-electron chi connectivity index (χ1n) is 16.0. The largest absolute Gasteiger partial charge is 0.295 e. The average molecular weight is 599 g/mol. The summed E-state index contributed by atoms with van der Waals surface area (Å²) in [5.74, 6) is 0.878. The molecule has 0 saturated carbocycles. The van der Waals surface area contributed by atoms with Crippen molar-refractivity contribution in [2.45, 2.75) is 0 Å². The zero-order chi connectivity index (χ0) is 31.2. The fraction of sp³-hybridized carbons (Fsp3) is 0. The molecule has 1 aromatic heterocycles. The second kappa shape index (κ2) is 11.3. The van der Waals surface area contributed by atoms with E-state index in [9.17, 15) is 0 Å². The monoisotopic (exact) mass is 598 g/mol. The average Bonchev–Trinajstić information content (AvgIpc) is 3.48. The molecule has 2 heteroatoms. The Morgan fingerprint density at radius 1 is 0.319 bits per heavy atom. The predicted molar refractivity (Wildman–Crippen MR) is 197 cm³/mol. The van der Waals surface area contributed by atoms with Gasteiger partial charge in [-0.05, 0) is 103 Å². The molecule has 0 fully saturated rings. The number of hydrogen-bond donors (Lipinski definition) is 0. The summed E-state index contributed by atoms with van der Waals surface area (Å²) < 4.78 is 0. The normalized spacial score (nSPS) is 11.4. The van der Waals surface area contributed by atoms with Gasteiger partial charge in [0.25, 0.3) is 0 Å². The zero-order valence-corrected chi connectivity index (χ0v) is 25.7. The minimum atomic E-state index is 0.878. The lowest BCUT2D eigenvalue weighted by Crippen LogP contribution is -2.11. The summed E-state index contributed by atoms with van der Waals surface area (Å²) in [5.41, 5.74) is 14.7. The van der Waals surface area contributed by atoms with Crippen LogP contribution in [0.15, 0.2) is 182 Å². The molecule has 0 amide bonds. The fourth-order valence-corrected chi connectivity index (χ4v) is 7.04. The molecule has 2 nitrogen and oxygen atoms in total. The van der Waals surface area contributed by atoms with Crippen molar-refractivity contribution in [3.8, 4) is 55.6 Å². The third kappa shape index (κ3) is 4.70. The van der Waals surface area contributed by atoms with Gasteiger partial charge in [0.2, 0.25) is 0 Å². The molecule has 8 aromatic rings. The lowest BCUT2D eigenvalue weighted by atomic mass is 9.94. The summed E-state index contributed by atoms with van der Waals surface area (Å²) in [6.45, 7) is 0. The van der Waals surface area contributed by atoms with Crippen LogP contribution in [-0.2, 0) is 0 Å². The summed E-state index contributed by atoms with van der Waals surface area (Å²) in [6.07, 6.45) is 1.85. The van der Waals surface area contributed by atoms with E-state index in [0.717, 1.165) is 17.2 Å². The Morgan fingerprint density at radius 3 is 1.43 bits per heavy atom. The van der Waals surface area contributed by atoms with Crippen LogP contribution in [0.5, 0.6) is 0 Å². The second-order valence-corrected chi connectivity index (χ2v) is 12.0. The van der Waals surface area contributed by atoms with Crippen LogP contribution in [0, 0.1) is 0 Å². The summed E-state index contributed by atoms with van der Waals surface area (Å²) in [6, 6.07) is 63.0. The molecular formula is C45H30N2. The molecule has 1 aliphatic rings. The highest BCUT2D eigenvalue weighted by Gasteiger charge is 2.22. The van der Waals surface area contributed by atoms with Gasteiger partial charge in [-0.15, -0.1) is 0 Å². The number of rotatable bonds is 6. The molecule has 0 aliphatic heterocycles. The van der Waals surface area contributed by atoms with Crippen LogP contribution >= 0.6 is 0 Å². The molecule has 1 aliphatic carbocycles. The van der Waals surface area contributed by atoms with Gasteiger partial charge in [0.05, 0.1) is 0 Å². The van der Waals surface area contributed by atoms with E-state index in [1.807, 2.05) is 18.3 Å². The molecule has 0 atom stereocenters. The van der Waals surface area contributed by atoms with Crippen LogP contribution < -0.4 is 4.90 Å². The molecule has 220 valence electrons. The van der Waals surface area contributed by atoms with Gasteiger partial charge in [0, 0.05) is 17.6 Å². The quantitative estimate of drug-likeness (QED) is 0.189. The first-order chi connectivity index (χ1) is 23.3. The van der Waals surface area contributed by atoms with Gasteiger partial charge in [-0.1, -0.05) is 140 Å². The summed E-state index contributed by atoms with van der Waals surface area (Å²) in [7, 11) is 0. The highest BCUT2D eigenvalue weighted by atomic mass is 15.2. The Kier molecular flexibility index (Phi) is 6.50. The number of nitrogens with zero attached hydrogens (tertiary/aromatic N) is 2. The van der Waals surface area contributed by atoms with Crippen LogP contribution in [-0.4, -0.2) is 4.98 Å². The fourth-order valence-electron chi connectivity index (χ4n) is 7.04. The maximum absolute atomic E-state index is 4.74. The third-order valence-corrected chi connectivity index (χ3v) is 9.31. The van der Waals surface area contributed by atoms with Crippen molar-refractivity contribution >= 4 is 28.0 Å². The van der Waals surface area contributed by atoms with Crippen molar-refractivity contribution in [2.75, 3.05) is 4.90 Å². The van der Waals surface area contributed by atoms with E-state index in [1.165, 1.54) is 66.4 Å². The smallest absolute Gasteiger partial charge is 0.137 e. The number of benzene rings is 7. The lowest BCUT2D eigenvalue weighted by molar-refractivity contribution is 1.18. The molecule has 0 radical (unpaired) electrons. The van der Waals surface area contributed by atoms with Gasteiger partial charge >= 0.3 is 0 Å². The van der Waals surface area contributed by atoms with Gasteiger partial charge in [-0.2, -0.15) is 0 Å². The van der Waals surface area contributed by atoms with E-state index in [-0.39, 0.29) is 0 Å². The molecule has 0 bridgehead atoms. The molecule has 0 unspecified atom stereocenters. The standard InChI is InChI=1S/C45H30N2/c1-2-9-31(10-3-1)32-16-18-33(19-17-32)34-20-24-36(25-21-34)47(44-15-6-7-30-46-44)37-26-22-35(23-27-37)38-28-29-43-40-12-5-4-11-39(40)42-14-8-13-41(38)45(42)43/h1-30H. The first-order valence-corrected chi connectivity index (χ1v) is 16.0. The Morgan fingerprint density at radius 2 is 0.809 bits per heavy atom. The van der Waals surface area contributed by atoms with Crippen LogP contribution in [0.25, 0.3) is 66.4 Å². The van der Waals surface area contributed by atoms with Crippen LogP contribution in [0.2, 0.25) is 0 Å². The van der Waals surface area contributed by atoms with Gasteiger partial charge in [0.1, 0.15) is 5.82 Å². The maximum atomic E-state index is 4.74. The van der Waals surface area contributed by atoms with Crippen LogP contribution in [0.4, 0.5) is 17.2 Å². The summed E-state index contributed by atoms with van der Waals surface area (Å²) in [4.78, 5) is 6.96. The van der Waals surface area contributed by atoms with Crippen molar-refractivity contribution in [2.24, 2.45) is 0 Å². The van der Waals surface area contributed by atoms with Gasteiger partial charge in [-0.3, -0.25) is 4.90 Å². The maximum Gasteiger partial charge on any atom is 0.137 e. The van der Waals surface area contributed by atoms with Crippen molar-refractivity contribution in [3.05, 3.63) is 182 Å². The van der Waals surface area contributed by atoms with E-state index < -0.39 is 0 Å². The Labute approximate surface area is 274 Å². The van der Waals surface area contributed by atoms with Crippen molar-refractivity contribution in [1.82, 2.24) is 4.98 Å². The van der Waals surface area contributed by atoms with Gasteiger partial charge < -0.3 is 0 Å². The molecule has 9 rings (SSSR count). The van der Waals surface area contributed by atoms with Crippen LogP contribution in [0.1, 0.15) is 0 Å². The minimum absolute atomic E-state index is 0.878. The van der Waals surface area contributed by atoms with E-state index >= 15 is 0 Å².